The topological polar surface area (TPSA) is 88.7 Å². The molecule has 0 aliphatic heterocycles. The number of guanidine groups is 1. The van der Waals surface area contributed by atoms with Gasteiger partial charge in [0.25, 0.3) is 0 Å². The number of ether oxygens (including phenoxy) is 1. The van der Waals surface area contributed by atoms with Crippen LogP contribution in [0.5, 0.6) is 11.6 Å². The van der Waals surface area contributed by atoms with Gasteiger partial charge in [-0.05, 0) is 29.8 Å². The van der Waals surface area contributed by atoms with Crippen LogP contribution in [0.1, 0.15) is 11.4 Å². The molecule has 2 N–H and O–H groups in total. The molecule has 10 heteroatoms. The van der Waals surface area contributed by atoms with Gasteiger partial charge >= 0.3 is 0 Å². The van der Waals surface area contributed by atoms with E-state index >= 15 is 0 Å². The van der Waals surface area contributed by atoms with Crippen LogP contribution in [-0.4, -0.2) is 32.6 Å². The summed E-state index contributed by atoms with van der Waals surface area (Å²) >= 11 is 0. The summed E-state index contributed by atoms with van der Waals surface area (Å²) in [5, 5.41) is 14.8. The molecule has 0 atom stereocenters. The molecule has 0 bridgehead atoms. The van der Waals surface area contributed by atoms with Crippen LogP contribution >= 0.6 is 24.0 Å². The summed E-state index contributed by atoms with van der Waals surface area (Å²) in [7, 11) is 1.70. The zero-order valence-corrected chi connectivity index (χ0v) is 19.0. The van der Waals surface area contributed by atoms with Crippen molar-refractivity contribution in [3.8, 4) is 11.6 Å². The lowest BCUT2D eigenvalue weighted by atomic mass is 10.3. The van der Waals surface area contributed by atoms with Crippen LogP contribution in [-0.2, 0) is 13.1 Å². The Bertz CT molecular complexity index is 1160. The maximum absolute atomic E-state index is 13.2. The van der Waals surface area contributed by atoms with Crippen LogP contribution in [0.4, 0.5) is 4.39 Å². The highest BCUT2D eigenvalue weighted by molar-refractivity contribution is 14.0. The van der Waals surface area contributed by atoms with E-state index in [0.717, 1.165) is 17.0 Å². The number of nitrogens with zero attached hydrogens (tertiary/aromatic N) is 5. The van der Waals surface area contributed by atoms with Crippen LogP contribution in [0, 0.1) is 5.82 Å². The van der Waals surface area contributed by atoms with Crippen molar-refractivity contribution in [2.75, 3.05) is 7.05 Å². The highest BCUT2D eigenvalue weighted by atomic mass is 127. The molecule has 3 aromatic heterocycles. The molecule has 0 radical (unpaired) electrons. The molecule has 0 unspecified atom stereocenters. The summed E-state index contributed by atoms with van der Waals surface area (Å²) in [6.07, 6.45) is 3.61. The predicted octanol–water partition coefficient (Wildman–Crippen LogP) is 3.54. The van der Waals surface area contributed by atoms with E-state index in [9.17, 15) is 4.39 Å². The lowest BCUT2D eigenvalue weighted by Crippen LogP contribution is -2.36. The molecule has 31 heavy (non-hydrogen) atoms. The van der Waals surface area contributed by atoms with Gasteiger partial charge in [0.1, 0.15) is 11.6 Å². The number of fused-ring (bicyclic) bond motifs is 1. The van der Waals surface area contributed by atoms with Gasteiger partial charge in [0, 0.05) is 38.1 Å². The quantitative estimate of drug-likeness (QED) is 0.224. The molecule has 0 spiro atoms. The zero-order valence-electron chi connectivity index (χ0n) is 16.7. The Morgan fingerprint density at radius 2 is 1.94 bits per heavy atom. The van der Waals surface area contributed by atoms with E-state index in [4.69, 9.17) is 4.74 Å². The van der Waals surface area contributed by atoms with Crippen molar-refractivity contribution >= 4 is 35.6 Å². The van der Waals surface area contributed by atoms with Crippen molar-refractivity contribution in [1.82, 2.24) is 30.2 Å². The Kier molecular flexibility index (Phi) is 7.70. The number of hydrogen-bond donors (Lipinski definition) is 2. The van der Waals surface area contributed by atoms with Crippen molar-refractivity contribution < 1.29 is 9.13 Å². The summed E-state index contributed by atoms with van der Waals surface area (Å²) in [5.74, 6) is 1.85. The molecule has 4 rings (SSSR count). The maximum atomic E-state index is 13.2. The largest absolute Gasteiger partial charge is 0.439 e. The predicted molar refractivity (Wildman–Crippen MR) is 126 cm³/mol. The smallest absolute Gasteiger partial charge is 0.219 e. The first-order valence-electron chi connectivity index (χ1n) is 9.33. The molecule has 8 nitrogen and oxygen atoms in total. The lowest BCUT2D eigenvalue weighted by molar-refractivity contribution is 0.457. The summed E-state index contributed by atoms with van der Waals surface area (Å²) in [6.45, 7) is 0.997. The first kappa shape index (κ1) is 22.4. The number of benzene rings is 1. The molecule has 3 heterocycles. The Morgan fingerprint density at radius 1 is 1.06 bits per heavy atom. The molecule has 1 aromatic carbocycles. The number of aromatic nitrogens is 4. The molecule has 0 saturated carbocycles. The third-order valence-corrected chi connectivity index (χ3v) is 4.30. The highest BCUT2D eigenvalue weighted by Crippen LogP contribution is 2.19. The molecule has 4 aromatic rings. The van der Waals surface area contributed by atoms with Crippen LogP contribution < -0.4 is 15.4 Å². The summed E-state index contributed by atoms with van der Waals surface area (Å²) < 4.78 is 20.7. The van der Waals surface area contributed by atoms with Crippen molar-refractivity contribution in [3.05, 3.63) is 84.2 Å². The Labute approximate surface area is 195 Å². The lowest BCUT2D eigenvalue weighted by Gasteiger charge is -2.11. The number of pyridine rings is 2. The van der Waals surface area contributed by atoms with Gasteiger partial charge in [-0.1, -0.05) is 18.2 Å². The standard InChI is InChI=1S/C21H20FN7O.HI/c1-23-21(26-14-19-28-27-18-7-2-3-10-29(18)19)25-13-15-8-9-20(24-12-15)30-17-6-4-5-16(22)11-17;/h2-12H,13-14H2,1H3,(H2,23,25,26);1H. The van der Waals surface area contributed by atoms with E-state index in [1.807, 2.05) is 34.9 Å². The van der Waals surface area contributed by atoms with Crippen LogP contribution in [0.3, 0.4) is 0 Å². The van der Waals surface area contributed by atoms with Gasteiger partial charge in [0.2, 0.25) is 5.88 Å². The van der Waals surface area contributed by atoms with E-state index in [0.29, 0.717) is 30.7 Å². The van der Waals surface area contributed by atoms with Gasteiger partial charge in [0.15, 0.2) is 17.4 Å². The van der Waals surface area contributed by atoms with E-state index in [1.54, 1.807) is 31.4 Å². The molecular formula is C21H21FIN7O. The van der Waals surface area contributed by atoms with E-state index in [1.165, 1.54) is 12.1 Å². The third-order valence-electron chi connectivity index (χ3n) is 4.30. The minimum Gasteiger partial charge on any atom is -0.439 e. The molecular weight excluding hydrogens is 512 g/mol. The number of halogens is 2. The Hall–Kier alpha value is -3.28. The fourth-order valence-electron chi connectivity index (χ4n) is 2.81. The average Bonchev–Trinajstić information content (AvgIpc) is 3.18. The highest BCUT2D eigenvalue weighted by Gasteiger charge is 2.06. The zero-order chi connectivity index (χ0) is 20.8. The molecule has 0 fully saturated rings. The monoisotopic (exact) mass is 533 g/mol. The van der Waals surface area contributed by atoms with Gasteiger partial charge in [-0.15, -0.1) is 34.2 Å². The first-order chi connectivity index (χ1) is 14.7. The molecule has 0 aliphatic rings. The summed E-state index contributed by atoms with van der Waals surface area (Å²) in [4.78, 5) is 8.48. The first-order valence-corrected chi connectivity index (χ1v) is 9.33. The van der Waals surface area contributed by atoms with E-state index in [2.05, 4.69) is 30.8 Å². The van der Waals surface area contributed by atoms with Gasteiger partial charge in [0.05, 0.1) is 6.54 Å². The molecule has 0 aliphatic carbocycles. The number of aliphatic imine (C=N–C) groups is 1. The fourth-order valence-corrected chi connectivity index (χ4v) is 2.81. The van der Waals surface area contributed by atoms with Gasteiger partial charge in [-0.3, -0.25) is 9.39 Å². The fraction of sp³-hybridized carbons (Fsp3) is 0.143. The van der Waals surface area contributed by atoms with Crippen LogP contribution in [0.15, 0.2) is 72.0 Å². The third kappa shape index (κ3) is 5.87. The Balaban J connectivity index is 0.00000272. The van der Waals surface area contributed by atoms with Crippen molar-refractivity contribution in [1.29, 1.82) is 0 Å². The van der Waals surface area contributed by atoms with Crippen molar-refractivity contribution in [2.45, 2.75) is 13.1 Å². The second-order valence-corrected chi connectivity index (χ2v) is 6.39. The van der Waals surface area contributed by atoms with E-state index in [-0.39, 0.29) is 29.8 Å². The van der Waals surface area contributed by atoms with E-state index < -0.39 is 0 Å². The minimum atomic E-state index is -0.355. The van der Waals surface area contributed by atoms with Gasteiger partial charge in [-0.2, -0.15) is 0 Å². The molecule has 0 amide bonds. The van der Waals surface area contributed by atoms with Gasteiger partial charge < -0.3 is 15.4 Å². The van der Waals surface area contributed by atoms with Crippen molar-refractivity contribution in [2.24, 2.45) is 4.99 Å². The molecule has 160 valence electrons. The SMILES string of the molecule is CN=C(NCc1ccc(Oc2cccc(F)c2)nc1)NCc1nnc2ccccn12.I. The summed E-state index contributed by atoms with van der Waals surface area (Å²) in [6, 6.07) is 15.3. The minimum absolute atomic E-state index is 0. The van der Waals surface area contributed by atoms with Gasteiger partial charge in [-0.25, -0.2) is 9.37 Å². The van der Waals surface area contributed by atoms with Crippen LogP contribution in [0.2, 0.25) is 0 Å². The maximum Gasteiger partial charge on any atom is 0.219 e. The second kappa shape index (κ2) is 10.7. The van der Waals surface area contributed by atoms with Crippen LogP contribution in [0.25, 0.3) is 5.65 Å². The number of nitrogens with one attached hydrogen (secondary N) is 2. The molecule has 0 saturated heterocycles. The average molecular weight is 533 g/mol. The summed E-state index contributed by atoms with van der Waals surface area (Å²) in [5.41, 5.74) is 1.74. The number of rotatable bonds is 6. The normalized spacial score (nSPS) is 11.1. The second-order valence-electron chi connectivity index (χ2n) is 6.39. The van der Waals surface area contributed by atoms with Crippen molar-refractivity contribution in [3.63, 3.8) is 0 Å². The Morgan fingerprint density at radius 3 is 2.71 bits per heavy atom. The number of hydrogen-bond acceptors (Lipinski definition) is 5.